The first-order chi connectivity index (χ1) is 8.74. The Balaban J connectivity index is 2.19. The van der Waals surface area contributed by atoms with Crippen LogP contribution in [0.4, 0.5) is 0 Å². The summed E-state index contributed by atoms with van der Waals surface area (Å²) < 4.78 is 0. The van der Waals surface area contributed by atoms with E-state index in [1.165, 1.54) is 18.7 Å². The summed E-state index contributed by atoms with van der Waals surface area (Å²) in [5.74, 6) is -0.391. The molecule has 18 heavy (non-hydrogen) atoms. The van der Waals surface area contributed by atoms with Crippen LogP contribution in [-0.4, -0.2) is 59.4 Å². The van der Waals surface area contributed by atoms with Gasteiger partial charge in [0.2, 0.25) is 5.91 Å². The molecule has 1 aliphatic rings. The van der Waals surface area contributed by atoms with E-state index >= 15 is 0 Å². The molecule has 0 aliphatic carbocycles. The van der Waals surface area contributed by atoms with Gasteiger partial charge in [0.05, 0.1) is 5.56 Å². The lowest BCUT2D eigenvalue weighted by molar-refractivity contribution is -0.125. The van der Waals surface area contributed by atoms with Crippen LogP contribution in [0.3, 0.4) is 0 Å². The van der Waals surface area contributed by atoms with Gasteiger partial charge < -0.3 is 15.5 Å². The standard InChI is InChI=1S/C11H15N5O2/c1-12-10(17)9-6-13-2-3-16(9)11(18)8-4-14-7-15-5-8/h4-5,7,9,13H,2-3,6H2,1H3,(H,12,17). The second kappa shape index (κ2) is 5.54. The lowest BCUT2D eigenvalue weighted by Gasteiger charge is -2.34. The van der Waals surface area contributed by atoms with Crippen LogP contribution >= 0.6 is 0 Å². The van der Waals surface area contributed by atoms with Crippen LogP contribution in [0.5, 0.6) is 0 Å². The Morgan fingerprint density at radius 3 is 2.83 bits per heavy atom. The van der Waals surface area contributed by atoms with Crippen molar-refractivity contribution in [2.45, 2.75) is 6.04 Å². The van der Waals surface area contributed by atoms with Crippen molar-refractivity contribution >= 4 is 11.8 Å². The molecular formula is C11H15N5O2. The van der Waals surface area contributed by atoms with Crippen LogP contribution < -0.4 is 10.6 Å². The Morgan fingerprint density at radius 2 is 2.17 bits per heavy atom. The van der Waals surface area contributed by atoms with Crippen molar-refractivity contribution in [1.29, 1.82) is 0 Å². The fraction of sp³-hybridized carbons (Fsp3) is 0.455. The lowest BCUT2D eigenvalue weighted by Crippen LogP contribution is -2.59. The van der Waals surface area contributed by atoms with E-state index in [-0.39, 0.29) is 11.8 Å². The van der Waals surface area contributed by atoms with Crippen LogP contribution in [0.2, 0.25) is 0 Å². The Hall–Kier alpha value is -2.02. The molecule has 0 spiro atoms. The van der Waals surface area contributed by atoms with Crippen molar-refractivity contribution in [1.82, 2.24) is 25.5 Å². The SMILES string of the molecule is CNC(=O)C1CNCCN1C(=O)c1cncnc1. The molecule has 1 unspecified atom stereocenters. The van der Waals surface area contributed by atoms with Gasteiger partial charge in [0.1, 0.15) is 12.4 Å². The number of carbonyl (C=O) groups excluding carboxylic acids is 2. The molecule has 1 atom stereocenters. The maximum atomic E-state index is 12.3. The first kappa shape index (κ1) is 12.4. The number of aromatic nitrogens is 2. The highest BCUT2D eigenvalue weighted by molar-refractivity contribution is 5.97. The third-order valence-corrected chi connectivity index (χ3v) is 2.86. The zero-order valence-corrected chi connectivity index (χ0v) is 10.1. The van der Waals surface area contributed by atoms with E-state index in [1.807, 2.05) is 0 Å². The molecule has 2 rings (SSSR count). The third-order valence-electron chi connectivity index (χ3n) is 2.86. The van der Waals surface area contributed by atoms with Crippen LogP contribution in [0.25, 0.3) is 0 Å². The number of rotatable bonds is 2. The predicted octanol–water partition coefficient (Wildman–Crippen LogP) is -1.36. The van der Waals surface area contributed by atoms with Crippen molar-refractivity contribution in [3.05, 3.63) is 24.3 Å². The van der Waals surface area contributed by atoms with E-state index in [2.05, 4.69) is 20.6 Å². The van der Waals surface area contributed by atoms with Gasteiger partial charge in [-0.1, -0.05) is 0 Å². The largest absolute Gasteiger partial charge is 0.357 e. The predicted molar refractivity (Wildman–Crippen MR) is 63.8 cm³/mol. The molecule has 0 bridgehead atoms. The minimum Gasteiger partial charge on any atom is -0.357 e. The number of hydrogen-bond acceptors (Lipinski definition) is 5. The summed E-state index contributed by atoms with van der Waals surface area (Å²) in [6.45, 7) is 1.62. The molecule has 1 aliphatic heterocycles. The molecule has 1 fully saturated rings. The van der Waals surface area contributed by atoms with Crippen molar-refractivity contribution in [2.24, 2.45) is 0 Å². The van der Waals surface area contributed by atoms with Gasteiger partial charge in [-0.3, -0.25) is 9.59 Å². The summed E-state index contributed by atoms with van der Waals surface area (Å²) in [6.07, 6.45) is 4.28. The second-order valence-corrected chi connectivity index (χ2v) is 3.96. The van der Waals surface area contributed by atoms with Crippen LogP contribution in [-0.2, 0) is 4.79 Å². The number of amides is 2. The minimum absolute atomic E-state index is 0.174. The lowest BCUT2D eigenvalue weighted by atomic mass is 10.1. The van der Waals surface area contributed by atoms with E-state index in [4.69, 9.17) is 0 Å². The Kier molecular flexibility index (Phi) is 3.83. The molecule has 2 amide bonds. The molecule has 1 saturated heterocycles. The maximum absolute atomic E-state index is 12.3. The van der Waals surface area contributed by atoms with Crippen molar-refractivity contribution in [3.63, 3.8) is 0 Å². The molecule has 96 valence electrons. The highest BCUT2D eigenvalue weighted by atomic mass is 16.2. The van der Waals surface area contributed by atoms with E-state index in [1.54, 1.807) is 11.9 Å². The monoisotopic (exact) mass is 249 g/mol. The number of likely N-dealkylation sites (N-methyl/N-ethyl adjacent to an activating group) is 1. The molecule has 7 nitrogen and oxygen atoms in total. The summed E-state index contributed by atoms with van der Waals surface area (Å²) in [4.78, 5) is 33.2. The summed E-state index contributed by atoms with van der Waals surface area (Å²) >= 11 is 0. The summed E-state index contributed by atoms with van der Waals surface area (Å²) in [5.41, 5.74) is 0.397. The summed E-state index contributed by atoms with van der Waals surface area (Å²) in [6, 6.07) is -0.489. The molecule has 0 aromatic carbocycles. The summed E-state index contributed by atoms with van der Waals surface area (Å²) in [7, 11) is 1.56. The molecule has 0 radical (unpaired) electrons. The van der Waals surface area contributed by atoms with Crippen molar-refractivity contribution in [2.75, 3.05) is 26.7 Å². The quantitative estimate of drug-likeness (QED) is 0.675. The van der Waals surface area contributed by atoms with Gasteiger partial charge in [-0.05, 0) is 0 Å². The number of nitrogens with zero attached hydrogens (tertiary/aromatic N) is 3. The topological polar surface area (TPSA) is 87.2 Å². The average molecular weight is 249 g/mol. The maximum Gasteiger partial charge on any atom is 0.257 e. The van der Waals surface area contributed by atoms with Gasteiger partial charge in [-0.15, -0.1) is 0 Å². The normalized spacial score (nSPS) is 19.4. The number of piperazine rings is 1. The van der Waals surface area contributed by atoms with Crippen LogP contribution in [0.1, 0.15) is 10.4 Å². The molecule has 1 aromatic rings. The minimum atomic E-state index is -0.489. The van der Waals surface area contributed by atoms with Crippen LogP contribution in [0.15, 0.2) is 18.7 Å². The molecule has 2 N–H and O–H groups in total. The van der Waals surface area contributed by atoms with E-state index in [9.17, 15) is 9.59 Å². The molecule has 2 heterocycles. The van der Waals surface area contributed by atoms with Gasteiger partial charge in [-0.25, -0.2) is 9.97 Å². The fourth-order valence-corrected chi connectivity index (χ4v) is 1.92. The smallest absolute Gasteiger partial charge is 0.257 e. The third kappa shape index (κ3) is 2.45. The fourth-order valence-electron chi connectivity index (χ4n) is 1.92. The molecule has 1 aromatic heterocycles. The van der Waals surface area contributed by atoms with Gasteiger partial charge in [0, 0.05) is 39.1 Å². The van der Waals surface area contributed by atoms with E-state index in [0.717, 1.165) is 0 Å². The van der Waals surface area contributed by atoms with Crippen molar-refractivity contribution < 1.29 is 9.59 Å². The first-order valence-corrected chi connectivity index (χ1v) is 5.72. The molecule has 0 saturated carbocycles. The number of nitrogens with one attached hydrogen (secondary N) is 2. The first-order valence-electron chi connectivity index (χ1n) is 5.72. The van der Waals surface area contributed by atoms with Gasteiger partial charge in [0.15, 0.2) is 0 Å². The zero-order valence-electron chi connectivity index (χ0n) is 10.1. The highest BCUT2D eigenvalue weighted by Crippen LogP contribution is 2.09. The van der Waals surface area contributed by atoms with E-state index < -0.39 is 6.04 Å². The zero-order chi connectivity index (χ0) is 13.0. The van der Waals surface area contributed by atoms with Crippen LogP contribution in [0, 0.1) is 0 Å². The van der Waals surface area contributed by atoms with Gasteiger partial charge in [0.25, 0.3) is 5.91 Å². The number of carbonyl (C=O) groups is 2. The van der Waals surface area contributed by atoms with Crippen molar-refractivity contribution in [3.8, 4) is 0 Å². The van der Waals surface area contributed by atoms with Gasteiger partial charge in [-0.2, -0.15) is 0 Å². The average Bonchev–Trinajstić information content (AvgIpc) is 2.46. The van der Waals surface area contributed by atoms with E-state index in [0.29, 0.717) is 25.2 Å². The molecular weight excluding hydrogens is 234 g/mol. The Morgan fingerprint density at radius 1 is 1.44 bits per heavy atom. The number of hydrogen-bond donors (Lipinski definition) is 2. The van der Waals surface area contributed by atoms with Gasteiger partial charge >= 0.3 is 0 Å². The Bertz CT molecular complexity index is 436. The highest BCUT2D eigenvalue weighted by Gasteiger charge is 2.32. The summed E-state index contributed by atoms with van der Waals surface area (Å²) in [5, 5.41) is 5.67. The Labute approximate surface area is 105 Å². The molecule has 7 heteroatoms. The second-order valence-electron chi connectivity index (χ2n) is 3.96.